The molecule has 3 aromatic rings. The first kappa shape index (κ1) is 24.9. The van der Waals surface area contributed by atoms with Crippen LogP contribution in [0.5, 0.6) is 0 Å². The van der Waals surface area contributed by atoms with Crippen LogP contribution in [0.1, 0.15) is 36.8 Å². The van der Waals surface area contributed by atoms with Crippen molar-refractivity contribution in [1.29, 1.82) is 0 Å². The minimum Gasteiger partial charge on any atom is -0.396 e. The van der Waals surface area contributed by atoms with Crippen molar-refractivity contribution in [3.05, 3.63) is 71.8 Å². The van der Waals surface area contributed by atoms with Gasteiger partial charge >= 0.3 is 0 Å². The third kappa shape index (κ3) is 6.20. The van der Waals surface area contributed by atoms with Crippen LogP contribution >= 0.6 is 9.24 Å². The lowest BCUT2D eigenvalue weighted by molar-refractivity contribution is -0.122. The van der Waals surface area contributed by atoms with Gasteiger partial charge in [-0.1, -0.05) is 45.9 Å². The number of aliphatic imine (C=N–C) groups is 1. The third-order valence-corrected chi connectivity index (χ3v) is 5.24. The molecule has 2 heterocycles. The van der Waals surface area contributed by atoms with Crippen LogP contribution in [-0.4, -0.2) is 32.2 Å². The second kappa shape index (κ2) is 10.9. The molecule has 34 heavy (non-hydrogen) atoms. The summed E-state index contributed by atoms with van der Waals surface area (Å²) in [5.74, 6) is -1.32. The summed E-state index contributed by atoms with van der Waals surface area (Å²) in [7, 11) is 1.90. The van der Waals surface area contributed by atoms with Gasteiger partial charge < -0.3 is 21.3 Å². The first-order valence-corrected chi connectivity index (χ1v) is 10.9. The molecule has 1 aromatic carbocycles. The molecule has 0 spiro atoms. The van der Waals surface area contributed by atoms with Gasteiger partial charge in [-0.2, -0.15) is 0 Å². The Bertz CT molecular complexity index is 1210. The molecule has 5 N–H and O–H groups in total. The minimum atomic E-state index is -2.14. The maximum atomic E-state index is 14.4. The fraction of sp³-hybridized carbons (Fsp3) is 0.227. The van der Waals surface area contributed by atoms with Crippen LogP contribution in [0.4, 0.5) is 20.3 Å². The van der Waals surface area contributed by atoms with Crippen molar-refractivity contribution in [1.82, 2.24) is 15.1 Å². The molecule has 0 aliphatic heterocycles. The van der Waals surface area contributed by atoms with Gasteiger partial charge in [-0.05, 0) is 18.6 Å². The van der Waals surface area contributed by atoms with Gasteiger partial charge in [0.25, 0.3) is 5.91 Å². The fourth-order valence-corrected chi connectivity index (χ4v) is 3.25. The Morgan fingerprint density at radius 3 is 2.76 bits per heavy atom. The summed E-state index contributed by atoms with van der Waals surface area (Å²) in [5.41, 5.74) is 13.3. The Morgan fingerprint density at radius 1 is 1.35 bits per heavy atom. The number of allylic oxidation sites excluding steroid dienone is 1. The number of amides is 1. The molecule has 0 fully saturated rings. The lowest BCUT2D eigenvalue weighted by atomic mass is 10.2. The molecule has 0 aliphatic rings. The van der Waals surface area contributed by atoms with Crippen molar-refractivity contribution in [2.45, 2.75) is 31.7 Å². The standard InChI is InChI=1S/C22H24F2N7O2P/c1-2-8-22(24,34)21(32)29-18-12-28-20(30-19(18)26)15(25)10-17(16-7-9-33-31-16)27-11-13-5-3-4-6-14(13)23/h3-7,9-10,12H,2,8,11,25,34H2,1H3,(H,29,32)(H2,26,28,30). The number of aromatic nitrogens is 3. The Labute approximate surface area is 196 Å². The molecule has 2 atom stereocenters. The van der Waals surface area contributed by atoms with E-state index >= 15 is 0 Å². The van der Waals surface area contributed by atoms with E-state index in [9.17, 15) is 13.6 Å². The number of carbonyl (C=O) groups is 1. The van der Waals surface area contributed by atoms with Crippen LogP contribution in [0.2, 0.25) is 0 Å². The maximum Gasteiger partial charge on any atom is 0.265 e. The Morgan fingerprint density at radius 2 is 2.12 bits per heavy atom. The van der Waals surface area contributed by atoms with Gasteiger partial charge in [0, 0.05) is 11.6 Å². The van der Waals surface area contributed by atoms with Crippen LogP contribution in [0.3, 0.4) is 0 Å². The number of anilines is 2. The van der Waals surface area contributed by atoms with Gasteiger partial charge in [0.1, 0.15) is 23.5 Å². The van der Waals surface area contributed by atoms with Crippen molar-refractivity contribution >= 4 is 38.1 Å². The van der Waals surface area contributed by atoms with E-state index in [-0.39, 0.29) is 36.0 Å². The van der Waals surface area contributed by atoms with E-state index < -0.39 is 17.1 Å². The highest BCUT2D eigenvalue weighted by molar-refractivity contribution is 7.20. The smallest absolute Gasteiger partial charge is 0.265 e. The van der Waals surface area contributed by atoms with Crippen molar-refractivity contribution in [2.24, 2.45) is 10.7 Å². The average molecular weight is 487 g/mol. The van der Waals surface area contributed by atoms with Crippen LogP contribution in [0.15, 0.2) is 58.4 Å². The number of benzene rings is 1. The van der Waals surface area contributed by atoms with Crippen molar-refractivity contribution in [2.75, 3.05) is 11.1 Å². The van der Waals surface area contributed by atoms with Gasteiger partial charge in [-0.3, -0.25) is 9.79 Å². The van der Waals surface area contributed by atoms with Crippen LogP contribution in [-0.2, 0) is 11.3 Å². The molecule has 178 valence electrons. The van der Waals surface area contributed by atoms with E-state index in [4.69, 9.17) is 16.0 Å². The van der Waals surface area contributed by atoms with E-state index in [0.29, 0.717) is 23.4 Å². The van der Waals surface area contributed by atoms with Crippen molar-refractivity contribution < 1.29 is 18.1 Å². The van der Waals surface area contributed by atoms with E-state index in [1.165, 1.54) is 24.6 Å². The lowest BCUT2D eigenvalue weighted by Gasteiger charge is -2.19. The summed E-state index contributed by atoms with van der Waals surface area (Å²) in [4.78, 5) is 24.8. The first-order chi connectivity index (χ1) is 16.2. The summed E-state index contributed by atoms with van der Waals surface area (Å²) in [6, 6.07) is 7.82. The van der Waals surface area contributed by atoms with Crippen molar-refractivity contribution in [3.63, 3.8) is 0 Å². The molecular weight excluding hydrogens is 463 g/mol. The van der Waals surface area contributed by atoms with Gasteiger partial charge in [0.05, 0.1) is 24.2 Å². The largest absolute Gasteiger partial charge is 0.396 e. The van der Waals surface area contributed by atoms with E-state index in [1.54, 1.807) is 31.2 Å². The van der Waals surface area contributed by atoms with Gasteiger partial charge in [0.15, 0.2) is 11.6 Å². The highest BCUT2D eigenvalue weighted by Gasteiger charge is 2.32. The van der Waals surface area contributed by atoms with Gasteiger partial charge in [-0.25, -0.2) is 18.7 Å². The minimum absolute atomic E-state index is 0.0229. The van der Waals surface area contributed by atoms with Crippen LogP contribution < -0.4 is 16.8 Å². The summed E-state index contributed by atoms with van der Waals surface area (Å²) in [6.45, 7) is 1.80. The number of hydrogen-bond donors (Lipinski definition) is 3. The predicted molar refractivity (Wildman–Crippen MR) is 129 cm³/mol. The lowest BCUT2D eigenvalue weighted by Crippen LogP contribution is -2.33. The molecule has 0 saturated heterocycles. The van der Waals surface area contributed by atoms with E-state index in [2.05, 4.69) is 25.4 Å². The highest BCUT2D eigenvalue weighted by Crippen LogP contribution is 2.29. The second-order valence-corrected chi connectivity index (χ2v) is 8.25. The number of nitrogens with one attached hydrogen (secondary N) is 1. The number of nitrogen functional groups attached to an aromatic ring is 1. The summed E-state index contributed by atoms with van der Waals surface area (Å²) < 4.78 is 33.2. The zero-order chi connectivity index (χ0) is 24.7. The maximum absolute atomic E-state index is 14.4. The number of halogens is 2. The highest BCUT2D eigenvalue weighted by atomic mass is 31.0. The molecule has 0 saturated carbocycles. The predicted octanol–water partition coefficient (Wildman–Crippen LogP) is 3.45. The number of alkyl halides is 1. The number of carbonyl (C=O) groups excluding carboxylic acids is 1. The quantitative estimate of drug-likeness (QED) is 0.310. The zero-order valence-electron chi connectivity index (χ0n) is 18.3. The molecular formula is C22H24F2N7O2P. The Kier molecular flexibility index (Phi) is 8.01. The molecule has 9 nitrogen and oxygen atoms in total. The first-order valence-electron chi connectivity index (χ1n) is 10.3. The topological polar surface area (TPSA) is 145 Å². The molecule has 0 aliphatic carbocycles. The summed E-state index contributed by atoms with van der Waals surface area (Å²) in [6.07, 6.45) is 4.54. The van der Waals surface area contributed by atoms with Gasteiger partial charge in [0.2, 0.25) is 5.41 Å². The summed E-state index contributed by atoms with van der Waals surface area (Å²) >= 11 is 0. The van der Waals surface area contributed by atoms with E-state index in [0.717, 1.165) is 0 Å². The molecule has 1 amide bonds. The number of rotatable bonds is 9. The fourth-order valence-electron chi connectivity index (χ4n) is 2.89. The normalized spacial score (nSPS) is 14.0. The Balaban J connectivity index is 1.85. The molecule has 12 heteroatoms. The zero-order valence-corrected chi connectivity index (χ0v) is 19.5. The van der Waals surface area contributed by atoms with Gasteiger partial charge in [-0.15, -0.1) is 0 Å². The summed E-state index contributed by atoms with van der Waals surface area (Å²) in [5, 5.41) is 4.09. The SMILES string of the molecule is CCCC(F)(P)C(=O)Nc1cnc(C(N)=CC(=NCc2ccccc2F)c2ccon2)nc1N. The third-order valence-electron chi connectivity index (χ3n) is 4.69. The number of nitrogens with two attached hydrogens (primary N) is 2. The van der Waals surface area contributed by atoms with E-state index in [1.807, 2.05) is 9.24 Å². The monoisotopic (exact) mass is 487 g/mol. The molecule has 0 radical (unpaired) electrons. The second-order valence-electron chi connectivity index (χ2n) is 7.34. The molecule has 0 bridgehead atoms. The Hall–Kier alpha value is -3.72. The molecule has 2 aromatic heterocycles. The van der Waals surface area contributed by atoms with Crippen LogP contribution in [0, 0.1) is 5.82 Å². The average Bonchev–Trinajstić information content (AvgIpc) is 3.33. The van der Waals surface area contributed by atoms with Crippen molar-refractivity contribution in [3.8, 4) is 0 Å². The molecule has 3 rings (SSSR count). The number of hydrogen-bond acceptors (Lipinski definition) is 8. The molecule has 2 unspecified atom stereocenters. The van der Waals surface area contributed by atoms with Crippen LogP contribution in [0.25, 0.3) is 5.70 Å². The number of nitrogens with zero attached hydrogens (tertiary/aromatic N) is 4.